The summed E-state index contributed by atoms with van der Waals surface area (Å²) in [6, 6.07) is 2.09. The molecule has 0 spiro atoms. The monoisotopic (exact) mass is 677 g/mol. The molecule has 0 fully saturated rings. The van der Waals surface area contributed by atoms with Crippen molar-refractivity contribution < 1.29 is 27.9 Å². The van der Waals surface area contributed by atoms with Crippen molar-refractivity contribution in [2.24, 2.45) is 18.4 Å². The number of aromatic nitrogens is 2. The van der Waals surface area contributed by atoms with Gasteiger partial charge in [-0.25, -0.2) is 0 Å². The van der Waals surface area contributed by atoms with Crippen LogP contribution in [0.5, 0.6) is 0 Å². The third-order valence-electron chi connectivity index (χ3n) is 8.80. The number of carbonyl (C=O) groups is 2. The number of halogens is 5. The van der Waals surface area contributed by atoms with Crippen LogP contribution in [-0.4, -0.2) is 33.3 Å². The highest BCUT2D eigenvalue weighted by Gasteiger charge is 2.38. The van der Waals surface area contributed by atoms with Crippen LogP contribution < -0.4 is 5.32 Å². The lowest BCUT2D eigenvalue weighted by Crippen LogP contribution is -2.27. The minimum atomic E-state index is -4.58. The normalized spacial score (nSPS) is 20.0. The number of carboxylic acids is 1. The Morgan fingerprint density at radius 2 is 1.93 bits per heavy atom. The summed E-state index contributed by atoms with van der Waals surface area (Å²) in [5.41, 5.74) is 1.36. The van der Waals surface area contributed by atoms with Gasteiger partial charge >= 0.3 is 12.1 Å². The first kappa shape index (κ1) is 35.6. The van der Waals surface area contributed by atoms with Gasteiger partial charge < -0.3 is 10.4 Å². The van der Waals surface area contributed by atoms with Gasteiger partial charge in [-0.05, 0) is 67.7 Å². The molecule has 1 amide bonds. The molecule has 2 aliphatic carbocycles. The summed E-state index contributed by atoms with van der Waals surface area (Å²) in [7, 11) is 1.76. The summed E-state index contributed by atoms with van der Waals surface area (Å²) < 4.78 is 43.8. The maximum absolute atomic E-state index is 14.0. The van der Waals surface area contributed by atoms with Crippen molar-refractivity contribution in [2.75, 3.05) is 6.54 Å². The number of hydrogen-bond donors (Lipinski definition) is 2. The Balaban J connectivity index is 1.87. The van der Waals surface area contributed by atoms with Crippen LogP contribution in [0.25, 0.3) is 10.9 Å². The Kier molecular flexibility index (Phi) is 11.6. The minimum absolute atomic E-state index is 0.0116. The number of carbonyl (C=O) groups excluding carboxylic acids is 1. The van der Waals surface area contributed by atoms with Crippen LogP contribution in [0, 0.1) is 11.3 Å². The second-order valence-electron chi connectivity index (χ2n) is 12.4. The molecule has 2 N–H and O–H groups in total. The van der Waals surface area contributed by atoms with Crippen LogP contribution >= 0.6 is 23.2 Å². The number of benzene rings is 1. The van der Waals surface area contributed by atoms with Crippen molar-refractivity contribution in [1.29, 1.82) is 0 Å². The highest BCUT2D eigenvalue weighted by molar-refractivity contribution is 6.35. The zero-order valence-electron chi connectivity index (χ0n) is 26.3. The number of amides is 1. The molecule has 0 saturated carbocycles. The Morgan fingerprint density at radius 3 is 2.59 bits per heavy atom. The predicted octanol–water partition coefficient (Wildman–Crippen LogP) is 9.41. The molecule has 1 aromatic heterocycles. The molecule has 0 aliphatic heterocycles. The standard InChI is InChI=1S/C35H40Cl2F3N3O3/c1-4-5-10-26(22-8-6-7-9-23(12-11-22)33(46)41-18-15-30(44)45)28(21-34(2)16-13-25(36)14-17-34)32-27-19-24(35(38,39)40)20-29(37)31(27)42-43(32)3/h7,9,11-14,16,19-20,26,28H,4-6,8,10,15,17-18,21H2,1-3H3,(H,41,46)(H,44,45). The molecule has 11 heteroatoms. The number of carboxylic acid groups (broad SMARTS) is 1. The van der Waals surface area contributed by atoms with E-state index in [4.69, 9.17) is 28.3 Å². The highest BCUT2D eigenvalue weighted by Crippen LogP contribution is 2.49. The smallest absolute Gasteiger partial charge is 0.416 e. The fourth-order valence-corrected chi connectivity index (χ4v) is 6.82. The van der Waals surface area contributed by atoms with Gasteiger partial charge in [0.05, 0.1) is 17.0 Å². The fourth-order valence-electron chi connectivity index (χ4n) is 6.42. The average molecular weight is 679 g/mol. The van der Waals surface area contributed by atoms with Crippen molar-refractivity contribution in [3.63, 3.8) is 0 Å². The lowest BCUT2D eigenvalue weighted by Gasteiger charge is -2.37. The van der Waals surface area contributed by atoms with E-state index in [-0.39, 0.29) is 41.1 Å². The van der Waals surface area contributed by atoms with E-state index in [9.17, 15) is 22.8 Å². The van der Waals surface area contributed by atoms with E-state index in [2.05, 4.69) is 30.3 Å². The van der Waals surface area contributed by atoms with Crippen LogP contribution in [0.1, 0.15) is 82.4 Å². The SMILES string of the molecule is CCCCC(C1=CC=C(C(=O)NCCC(=O)O)C=CCC1)C(CC1(C)C=CC(Cl)=CC1)c1c2cc(C(F)(F)F)cc(Cl)c2nn1C. The first-order valence-corrected chi connectivity index (χ1v) is 16.3. The quantitative estimate of drug-likeness (QED) is 0.234. The maximum atomic E-state index is 14.0. The summed E-state index contributed by atoms with van der Waals surface area (Å²) in [4.78, 5) is 23.8. The Morgan fingerprint density at radius 1 is 1.17 bits per heavy atom. The summed E-state index contributed by atoms with van der Waals surface area (Å²) >= 11 is 12.7. The molecular weight excluding hydrogens is 638 g/mol. The molecule has 248 valence electrons. The number of fused-ring (bicyclic) bond motifs is 1. The molecule has 2 aromatic rings. The minimum Gasteiger partial charge on any atom is -0.481 e. The Bertz CT molecular complexity index is 1620. The average Bonchev–Trinajstić information content (AvgIpc) is 3.30. The summed E-state index contributed by atoms with van der Waals surface area (Å²) in [5.74, 6) is -1.71. The maximum Gasteiger partial charge on any atom is 0.416 e. The zero-order valence-corrected chi connectivity index (χ0v) is 27.8. The van der Waals surface area contributed by atoms with Gasteiger partial charge in [0.2, 0.25) is 0 Å². The van der Waals surface area contributed by atoms with Crippen molar-refractivity contribution >= 4 is 46.0 Å². The summed E-state index contributed by atoms with van der Waals surface area (Å²) in [6.07, 6.45) is 13.8. The lowest BCUT2D eigenvalue weighted by atomic mass is 9.68. The largest absolute Gasteiger partial charge is 0.481 e. The zero-order chi connectivity index (χ0) is 33.6. The first-order chi connectivity index (χ1) is 21.7. The Hall–Kier alpha value is -3.30. The number of hydrogen-bond acceptors (Lipinski definition) is 3. The molecule has 3 atom stereocenters. The van der Waals surface area contributed by atoms with Crippen LogP contribution in [0.15, 0.2) is 70.8 Å². The van der Waals surface area contributed by atoms with Gasteiger partial charge in [-0.15, -0.1) is 0 Å². The number of aliphatic carboxylic acids is 1. The number of rotatable bonds is 12. The topological polar surface area (TPSA) is 84.2 Å². The van der Waals surface area contributed by atoms with Gasteiger partial charge in [-0.3, -0.25) is 14.3 Å². The molecule has 0 radical (unpaired) electrons. The van der Waals surface area contributed by atoms with Gasteiger partial charge in [-0.1, -0.05) is 85.8 Å². The Labute approximate surface area is 277 Å². The number of aryl methyl sites for hydroxylation is 1. The molecule has 2 aliphatic rings. The van der Waals surface area contributed by atoms with Crippen molar-refractivity contribution in [3.05, 3.63) is 87.1 Å². The molecule has 46 heavy (non-hydrogen) atoms. The van der Waals surface area contributed by atoms with E-state index >= 15 is 0 Å². The molecular formula is C35H40Cl2F3N3O3. The van der Waals surface area contributed by atoms with Crippen molar-refractivity contribution in [1.82, 2.24) is 15.1 Å². The van der Waals surface area contributed by atoms with Gasteiger partial charge in [0.25, 0.3) is 5.91 Å². The lowest BCUT2D eigenvalue weighted by molar-refractivity contribution is -0.138. The summed E-state index contributed by atoms with van der Waals surface area (Å²) in [5, 5.41) is 17.2. The van der Waals surface area contributed by atoms with Gasteiger partial charge in [-0.2, -0.15) is 18.3 Å². The van der Waals surface area contributed by atoms with Crippen LogP contribution in [0.4, 0.5) is 13.2 Å². The van der Waals surface area contributed by atoms with Gasteiger partial charge in [0, 0.05) is 41.2 Å². The molecule has 6 nitrogen and oxygen atoms in total. The van der Waals surface area contributed by atoms with Crippen LogP contribution in [-0.2, 0) is 22.8 Å². The number of nitrogens with one attached hydrogen (secondary N) is 1. The van der Waals surface area contributed by atoms with E-state index in [1.807, 2.05) is 24.3 Å². The first-order valence-electron chi connectivity index (χ1n) is 15.6. The van der Waals surface area contributed by atoms with Crippen LogP contribution in [0.2, 0.25) is 5.02 Å². The van der Waals surface area contributed by atoms with Crippen LogP contribution in [0.3, 0.4) is 0 Å². The number of nitrogens with zero attached hydrogens (tertiary/aromatic N) is 2. The third-order valence-corrected chi connectivity index (χ3v) is 9.37. The van der Waals surface area contributed by atoms with E-state index < -0.39 is 17.7 Å². The molecule has 0 bridgehead atoms. The molecule has 0 saturated heterocycles. The molecule has 4 rings (SSSR count). The number of unbranched alkanes of at least 4 members (excludes halogenated alkanes) is 1. The second kappa shape index (κ2) is 15.1. The van der Waals surface area contributed by atoms with E-state index in [0.29, 0.717) is 52.9 Å². The van der Waals surface area contributed by atoms with Crippen molar-refractivity contribution in [3.8, 4) is 0 Å². The molecule has 1 heterocycles. The number of alkyl halides is 3. The number of allylic oxidation sites excluding steroid dienone is 8. The van der Waals surface area contributed by atoms with E-state index in [0.717, 1.165) is 37.0 Å². The fraction of sp³-hybridized carbons (Fsp3) is 0.457. The van der Waals surface area contributed by atoms with Crippen molar-refractivity contribution in [2.45, 2.75) is 77.3 Å². The second-order valence-corrected chi connectivity index (χ2v) is 13.2. The molecule has 3 unspecified atom stereocenters. The van der Waals surface area contributed by atoms with E-state index in [1.165, 1.54) is 0 Å². The molecule has 1 aromatic carbocycles. The predicted molar refractivity (Wildman–Crippen MR) is 177 cm³/mol. The summed E-state index contributed by atoms with van der Waals surface area (Å²) in [6.45, 7) is 4.25. The van der Waals surface area contributed by atoms with E-state index in [1.54, 1.807) is 23.9 Å². The van der Waals surface area contributed by atoms with Gasteiger partial charge in [0.1, 0.15) is 5.52 Å². The highest BCUT2D eigenvalue weighted by atomic mass is 35.5. The van der Waals surface area contributed by atoms with Gasteiger partial charge in [0.15, 0.2) is 0 Å². The third kappa shape index (κ3) is 8.73.